The molecule has 0 saturated carbocycles. The second-order valence-corrected chi connectivity index (χ2v) is 4.12. The molecule has 0 fully saturated rings. The molecule has 94 valence electrons. The summed E-state index contributed by atoms with van der Waals surface area (Å²) in [5.41, 5.74) is 0.865. The quantitative estimate of drug-likeness (QED) is 0.879. The van der Waals surface area contributed by atoms with E-state index in [1.54, 1.807) is 12.5 Å². The van der Waals surface area contributed by atoms with Gasteiger partial charge in [-0.05, 0) is 31.2 Å². The van der Waals surface area contributed by atoms with Gasteiger partial charge in [0.1, 0.15) is 5.76 Å². The van der Waals surface area contributed by atoms with Crippen LogP contribution in [0, 0.1) is 0 Å². The van der Waals surface area contributed by atoms with E-state index in [1.165, 1.54) is 0 Å². The summed E-state index contributed by atoms with van der Waals surface area (Å²) in [4.78, 5) is 15.9. The number of aromatic nitrogens is 1. The second kappa shape index (κ2) is 6.00. The van der Waals surface area contributed by atoms with E-state index in [-0.39, 0.29) is 11.9 Å². The van der Waals surface area contributed by atoms with Crippen LogP contribution in [0.15, 0.2) is 47.2 Å². The van der Waals surface area contributed by atoms with Crippen molar-refractivity contribution in [3.8, 4) is 0 Å². The van der Waals surface area contributed by atoms with Gasteiger partial charge in [-0.15, -0.1) is 0 Å². The Kier molecular flexibility index (Phi) is 4.12. The monoisotopic (exact) mass is 244 g/mol. The highest BCUT2D eigenvalue weighted by atomic mass is 16.3. The molecule has 1 amide bonds. The van der Waals surface area contributed by atoms with Crippen LogP contribution in [0.2, 0.25) is 0 Å². The van der Waals surface area contributed by atoms with Gasteiger partial charge in [0.25, 0.3) is 0 Å². The number of nitrogens with one attached hydrogen (secondary N) is 1. The lowest BCUT2D eigenvalue weighted by molar-refractivity contribution is -0.121. The van der Waals surface area contributed by atoms with E-state index in [9.17, 15) is 4.79 Å². The molecule has 0 saturated heterocycles. The van der Waals surface area contributed by atoms with Gasteiger partial charge in [0.15, 0.2) is 0 Å². The summed E-state index contributed by atoms with van der Waals surface area (Å²) >= 11 is 0. The Labute approximate surface area is 106 Å². The molecule has 2 aromatic heterocycles. The Morgan fingerprint density at radius 1 is 1.39 bits per heavy atom. The van der Waals surface area contributed by atoms with E-state index in [0.29, 0.717) is 12.8 Å². The number of carbonyl (C=O) groups excluding carboxylic acids is 1. The van der Waals surface area contributed by atoms with Gasteiger partial charge < -0.3 is 9.73 Å². The molecule has 2 rings (SSSR count). The van der Waals surface area contributed by atoms with E-state index < -0.39 is 0 Å². The predicted octanol–water partition coefficient (Wildman–Crippen LogP) is 2.48. The summed E-state index contributed by atoms with van der Waals surface area (Å²) < 4.78 is 5.18. The molecule has 1 unspecified atom stereocenters. The maximum Gasteiger partial charge on any atom is 0.220 e. The third-order valence-corrected chi connectivity index (χ3v) is 2.69. The van der Waals surface area contributed by atoms with Gasteiger partial charge in [-0.1, -0.05) is 6.07 Å². The van der Waals surface area contributed by atoms with Gasteiger partial charge in [-0.3, -0.25) is 9.78 Å². The Morgan fingerprint density at radius 3 is 2.94 bits per heavy atom. The predicted molar refractivity (Wildman–Crippen MR) is 67.8 cm³/mol. The van der Waals surface area contributed by atoms with E-state index in [2.05, 4.69) is 10.3 Å². The number of hydrogen-bond donors (Lipinski definition) is 1. The number of nitrogens with zero attached hydrogens (tertiary/aromatic N) is 1. The van der Waals surface area contributed by atoms with Crippen LogP contribution in [0.25, 0.3) is 0 Å². The molecule has 0 radical (unpaired) electrons. The third kappa shape index (κ3) is 3.45. The Morgan fingerprint density at radius 2 is 2.28 bits per heavy atom. The normalized spacial score (nSPS) is 12.1. The minimum Gasteiger partial charge on any atom is -0.469 e. The molecule has 0 spiro atoms. The van der Waals surface area contributed by atoms with E-state index in [1.807, 2.05) is 37.3 Å². The fourth-order valence-electron chi connectivity index (χ4n) is 1.71. The molecule has 0 aliphatic rings. The molecule has 4 heteroatoms. The van der Waals surface area contributed by atoms with Gasteiger partial charge in [0.2, 0.25) is 5.91 Å². The summed E-state index contributed by atoms with van der Waals surface area (Å²) in [6.07, 6.45) is 4.38. The SMILES string of the molecule is CC(NC(=O)CCc1ccco1)c1ccccn1. The number of furan rings is 1. The van der Waals surface area contributed by atoms with Gasteiger partial charge in [-0.2, -0.15) is 0 Å². The standard InChI is InChI=1S/C14H16N2O2/c1-11(13-6-2-3-9-15-13)16-14(17)8-7-12-5-4-10-18-12/h2-6,9-11H,7-8H2,1H3,(H,16,17). The summed E-state index contributed by atoms with van der Waals surface area (Å²) in [6.45, 7) is 1.92. The highest BCUT2D eigenvalue weighted by molar-refractivity contribution is 5.76. The zero-order chi connectivity index (χ0) is 12.8. The van der Waals surface area contributed by atoms with Gasteiger partial charge in [0, 0.05) is 19.0 Å². The van der Waals surface area contributed by atoms with Gasteiger partial charge in [0.05, 0.1) is 18.0 Å². The number of rotatable bonds is 5. The van der Waals surface area contributed by atoms with Crippen LogP contribution >= 0.6 is 0 Å². The molecular weight excluding hydrogens is 228 g/mol. The van der Waals surface area contributed by atoms with E-state index in [0.717, 1.165) is 11.5 Å². The first-order valence-electron chi connectivity index (χ1n) is 5.98. The summed E-state index contributed by atoms with van der Waals surface area (Å²) in [5, 5.41) is 2.92. The summed E-state index contributed by atoms with van der Waals surface area (Å²) in [6, 6.07) is 9.29. The second-order valence-electron chi connectivity index (χ2n) is 4.12. The third-order valence-electron chi connectivity index (χ3n) is 2.69. The van der Waals surface area contributed by atoms with Gasteiger partial charge in [-0.25, -0.2) is 0 Å². The summed E-state index contributed by atoms with van der Waals surface area (Å²) in [5.74, 6) is 0.834. The molecular formula is C14H16N2O2. The molecule has 1 atom stereocenters. The largest absolute Gasteiger partial charge is 0.469 e. The van der Waals surface area contributed by atoms with E-state index >= 15 is 0 Å². The van der Waals surface area contributed by atoms with Gasteiger partial charge >= 0.3 is 0 Å². The van der Waals surface area contributed by atoms with Crippen LogP contribution in [0.5, 0.6) is 0 Å². The molecule has 2 heterocycles. The topological polar surface area (TPSA) is 55.1 Å². The average Bonchev–Trinajstić information content (AvgIpc) is 2.90. The van der Waals surface area contributed by atoms with Crippen LogP contribution in [-0.2, 0) is 11.2 Å². The smallest absolute Gasteiger partial charge is 0.220 e. The van der Waals surface area contributed by atoms with Crippen molar-refractivity contribution in [3.63, 3.8) is 0 Å². The zero-order valence-electron chi connectivity index (χ0n) is 10.3. The molecule has 0 aliphatic heterocycles. The molecule has 0 aliphatic carbocycles. The van der Waals surface area contributed by atoms with Crippen LogP contribution in [0.1, 0.15) is 30.8 Å². The van der Waals surface area contributed by atoms with Crippen molar-refractivity contribution >= 4 is 5.91 Å². The van der Waals surface area contributed by atoms with Crippen LogP contribution in [-0.4, -0.2) is 10.9 Å². The number of hydrogen-bond acceptors (Lipinski definition) is 3. The van der Waals surface area contributed by atoms with Crippen molar-refractivity contribution in [2.75, 3.05) is 0 Å². The Bertz CT molecular complexity index is 480. The molecule has 2 aromatic rings. The molecule has 0 aromatic carbocycles. The first kappa shape index (κ1) is 12.4. The van der Waals surface area contributed by atoms with Crippen molar-refractivity contribution < 1.29 is 9.21 Å². The van der Waals surface area contributed by atoms with E-state index in [4.69, 9.17) is 4.42 Å². The van der Waals surface area contributed by atoms with Crippen molar-refractivity contribution in [1.82, 2.24) is 10.3 Å². The fourth-order valence-corrected chi connectivity index (χ4v) is 1.71. The molecule has 1 N–H and O–H groups in total. The maximum atomic E-state index is 11.7. The van der Waals surface area contributed by atoms with Crippen molar-refractivity contribution in [2.45, 2.75) is 25.8 Å². The van der Waals surface area contributed by atoms with Crippen LogP contribution in [0.3, 0.4) is 0 Å². The van der Waals surface area contributed by atoms with Crippen molar-refractivity contribution in [3.05, 3.63) is 54.2 Å². The number of amides is 1. The Hall–Kier alpha value is -2.10. The lowest BCUT2D eigenvalue weighted by Gasteiger charge is -2.12. The first-order valence-corrected chi connectivity index (χ1v) is 5.98. The average molecular weight is 244 g/mol. The molecule has 4 nitrogen and oxygen atoms in total. The zero-order valence-corrected chi connectivity index (χ0v) is 10.3. The van der Waals surface area contributed by atoms with Crippen molar-refractivity contribution in [2.24, 2.45) is 0 Å². The number of carbonyl (C=O) groups is 1. The number of pyridine rings is 1. The first-order chi connectivity index (χ1) is 8.75. The van der Waals surface area contributed by atoms with Crippen LogP contribution < -0.4 is 5.32 Å². The lowest BCUT2D eigenvalue weighted by atomic mass is 10.2. The fraction of sp³-hybridized carbons (Fsp3) is 0.286. The minimum absolute atomic E-state index is 0.00422. The molecule has 18 heavy (non-hydrogen) atoms. The number of aryl methyl sites for hydroxylation is 1. The maximum absolute atomic E-state index is 11.7. The Balaban J connectivity index is 1.80. The highest BCUT2D eigenvalue weighted by Crippen LogP contribution is 2.09. The molecule has 0 bridgehead atoms. The minimum atomic E-state index is -0.0738. The van der Waals surface area contributed by atoms with Crippen LogP contribution in [0.4, 0.5) is 0 Å². The lowest BCUT2D eigenvalue weighted by Crippen LogP contribution is -2.27. The van der Waals surface area contributed by atoms with Crippen molar-refractivity contribution in [1.29, 1.82) is 0 Å². The highest BCUT2D eigenvalue weighted by Gasteiger charge is 2.10. The summed E-state index contributed by atoms with van der Waals surface area (Å²) in [7, 11) is 0.